The number of anilines is 1. The number of rotatable bonds is 9. The van der Waals surface area contributed by atoms with E-state index in [0.29, 0.717) is 5.69 Å². The van der Waals surface area contributed by atoms with E-state index < -0.39 is 45.8 Å². The van der Waals surface area contributed by atoms with Gasteiger partial charge in [-0.05, 0) is 12.1 Å². The van der Waals surface area contributed by atoms with Crippen molar-refractivity contribution >= 4 is 62.9 Å². The summed E-state index contributed by atoms with van der Waals surface area (Å²) in [5, 5.41) is 15.7. The maximum atomic E-state index is 12.8. The van der Waals surface area contributed by atoms with Crippen molar-refractivity contribution < 1.29 is 63.1 Å². The number of carbonyl (C=O) groups is 4. The van der Waals surface area contributed by atoms with Crippen LogP contribution in [0.2, 0.25) is 0 Å². The molecule has 182 valence electrons. The van der Waals surface area contributed by atoms with Crippen LogP contribution in [0, 0.1) is 5.41 Å². The number of carbonyl (C=O) groups excluding carboxylic acids is 4. The molecule has 0 spiro atoms. The number of thioether (sulfide) groups is 2. The molecule has 2 amide bonds. The maximum absolute atomic E-state index is 12.8. The van der Waals surface area contributed by atoms with Gasteiger partial charge in [-0.15, -0.1) is 23.1 Å². The van der Waals surface area contributed by atoms with Gasteiger partial charge in [-0.3, -0.25) is 14.4 Å². The molecule has 0 saturated carbocycles. The third kappa shape index (κ3) is 5.72. The molecule has 4 rings (SSSR count). The number of hydrogen-bond acceptors (Lipinski definition) is 13. The second-order valence-corrected chi connectivity index (χ2v) is 10.6. The number of thiazole rings is 1. The number of carboxylic acids is 1. The zero-order valence-electron chi connectivity index (χ0n) is 18.7. The van der Waals surface area contributed by atoms with Gasteiger partial charge < -0.3 is 35.1 Å². The second kappa shape index (κ2) is 11.6. The third-order valence-corrected chi connectivity index (χ3v) is 8.85. The van der Waals surface area contributed by atoms with Gasteiger partial charge in [0.05, 0.1) is 25.0 Å². The van der Waals surface area contributed by atoms with Crippen LogP contribution < -0.4 is 51.2 Å². The number of furan rings is 1. The number of nitrogen functional groups attached to an aromatic ring is 1. The number of nitrogens with one attached hydrogen (secondary N) is 2. The number of amides is 2. The predicted octanol–water partition coefficient (Wildman–Crippen LogP) is -3.78. The Balaban J connectivity index is 0.00000342. The first-order chi connectivity index (χ1) is 16.3. The van der Waals surface area contributed by atoms with Crippen molar-refractivity contribution in [2.24, 2.45) is 5.41 Å². The summed E-state index contributed by atoms with van der Waals surface area (Å²) in [5.41, 5.74) is 7.10. The van der Waals surface area contributed by atoms with E-state index in [9.17, 15) is 24.3 Å². The minimum absolute atomic E-state index is 0. The quantitative estimate of drug-likeness (QED) is 0.158. The van der Waals surface area contributed by atoms with E-state index in [0.717, 1.165) is 23.1 Å². The molecule has 2 aliphatic rings. The van der Waals surface area contributed by atoms with Crippen LogP contribution in [0.5, 0.6) is 0 Å². The Morgan fingerprint density at radius 1 is 1.49 bits per heavy atom. The van der Waals surface area contributed by atoms with Crippen LogP contribution in [0.25, 0.3) is 0 Å². The van der Waals surface area contributed by atoms with E-state index in [1.165, 1.54) is 36.1 Å². The van der Waals surface area contributed by atoms with Gasteiger partial charge in [0.25, 0.3) is 5.12 Å². The minimum Gasteiger partial charge on any atom is -0.549 e. The average Bonchev–Trinajstić information content (AvgIpc) is 3.51. The first-order valence-corrected chi connectivity index (χ1v) is 12.8. The van der Waals surface area contributed by atoms with Crippen LogP contribution in [-0.4, -0.2) is 69.4 Å². The first kappa shape index (κ1) is 28.0. The van der Waals surface area contributed by atoms with Gasteiger partial charge in [0.2, 0.25) is 11.8 Å². The van der Waals surface area contributed by atoms with E-state index >= 15 is 0 Å². The number of carboxylic acid groups (broad SMARTS) is 1. The van der Waals surface area contributed by atoms with Crippen molar-refractivity contribution in [2.75, 3.05) is 30.9 Å². The van der Waals surface area contributed by atoms with Crippen LogP contribution in [0.15, 0.2) is 28.2 Å². The fourth-order valence-electron chi connectivity index (χ4n) is 3.60. The summed E-state index contributed by atoms with van der Waals surface area (Å²) in [7, 11) is 1.34. The topological polar surface area (TPSA) is 180 Å². The summed E-state index contributed by atoms with van der Waals surface area (Å²) in [4.78, 5) is 60.2. The molecule has 35 heavy (non-hydrogen) atoms. The number of β-lactam (4-membered cyclic amide) rings is 1. The number of nitrogens with zero attached hydrogens (tertiary/aromatic N) is 2. The van der Waals surface area contributed by atoms with Gasteiger partial charge in [0.15, 0.2) is 16.9 Å². The largest absolute Gasteiger partial charge is 1.00 e. The SMILES string of the molecule is CONC(C(=O)NC1C(=O)N2CC(CSC(=O)c3ccco3)(C(=O)[O-])CS[C@H]12)c1csc(N)n1.[Na+]. The van der Waals surface area contributed by atoms with Crippen LogP contribution >= 0.6 is 34.9 Å². The molecule has 4 heterocycles. The Hall–Kier alpha value is -1.59. The standard InChI is InChI=1S/C19H21N5O7S3.Na/c1-30-23-11(9-5-32-18(20)21-9)13(25)22-12-14(26)24-6-19(17(28)29,7-33-15(12)24)8-34-16(27)10-3-2-4-31-10;/h2-5,11-12,15,23H,6-8H2,1H3,(H2,20,21)(H,22,25)(H,28,29);/q;+1/p-1/t11?,12?,15-,19?;/m1./s1. The van der Waals surface area contributed by atoms with Crippen LogP contribution in [0.1, 0.15) is 22.3 Å². The van der Waals surface area contributed by atoms with E-state index in [1.807, 2.05) is 0 Å². The zero-order valence-corrected chi connectivity index (χ0v) is 23.2. The smallest absolute Gasteiger partial charge is 0.549 e. The number of aromatic nitrogens is 1. The fourth-order valence-corrected chi connectivity index (χ4v) is 6.83. The molecule has 12 nitrogen and oxygen atoms in total. The van der Waals surface area contributed by atoms with E-state index in [-0.39, 0.29) is 58.5 Å². The molecule has 4 atom stereocenters. The number of hydrogen-bond donors (Lipinski definition) is 3. The second-order valence-electron chi connectivity index (χ2n) is 7.64. The first-order valence-electron chi connectivity index (χ1n) is 9.90. The molecule has 0 radical (unpaired) electrons. The van der Waals surface area contributed by atoms with Gasteiger partial charge in [-0.2, -0.15) is 5.48 Å². The molecule has 2 aliphatic heterocycles. The molecule has 2 aromatic heterocycles. The minimum atomic E-state index is -1.42. The zero-order chi connectivity index (χ0) is 24.5. The van der Waals surface area contributed by atoms with E-state index in [2.05, 4.69) is 15.8 Å². The van der Waals surface area contributed by atoms with Crippen molar-refractivity contribution in [1.82, 2.24) is 20.7 Å². The third-order valence-electron chi connectivity index (χ3n) is 5.41. The summed E-state index contributed by atoms with van der Waals surface area (Å²) in [6, 6.07) is 1.23. The molecular weight excluding hydrogens is 529 g/mol. The fraction of sp³-hybridized carbons (Fsp3) is 0.421. The normalized spacial score (nSPS) is 24.0. The van der Waals surface area contributed by atoms with Crippen LogP contribution in [-0.2, 0) is 19.2 Å². The summed E-state index contributed by atoms with van der Waals surface area (Å²) < 4.78 is 5.05. The molecular formula is C19H20N5NaO7S3. The van der Waals surface area contributed by atoms with Gasteiger partial charge in [0, 0.05) is 28.8 Å². The summed E-state index contributed by atoms with van der Waals surface area (Å²) >= 11 is 3.18. The molecule has 2 fully saturated rings. The van der Waals surface area contributed by atoms with Crippen LogP contribution in [0.4, 0.5) is 5.13 Å². The number of hydroxylamine groups is 1. The van der Waals surface area contributed by atoms with Gasteiger partial charge in [0.1, 0.15) is 11.4 Å². The van der Waals surface area contributed by atoms with Crippen LogP contribution in [0.3, 0.4) is 0 Å². The molecule has 3 unspecified atom stereocenters. The monoisotopic (exact) mass is 549 g/mol. The van der Waals surface area contributed by atoms with Gasteiger partial charge >= 0.3 is 29.6 Å². The average molecular weight is 550 g/mol. The molecule has 2 aromatic rings. The van der Waals surface area contributed by atoms with E-state index in [1.54, 1.807) is 11.4 Å². The maximum Gasteiger partial charge on any atom is 1.00 e. The summed E-state index contributed by atoms with van der Waals surface area (Å²) in [6.07, 6.45) is 1.35. The number of nitrogens with two attached hydrogens (primary N) is 1. The Kier molecular flexibility index (Phi) is 9.31. The Morgan fingerprint density at radius 2 is 2.26 bits per heavy atom. The van der Waals surface area contributed by atoms with Crippen molar-refractivity contribution in [3.05, 3.63) is 35.2 Å². The molecule has 0 aromatic carbocycles. The number of aliphatic carboxylic acids is 1. The van der Waals surface area contributed by atoms with Crippen molar-refractivity contribution in [1.29, 1.82) is 0 Å². The number of fused-ring (bicyclic) bond motifs is 1. The van der Waals surface area contributed by atoms with Gasteiger partial charge in [-0.25, -0.2) is 4.98 Å². The van der Waals surface area contributed by atoms with Gasteiger partial charge in [-0.1, -0.05) is 11.8 Å². The molecule has 2 saturated heterocycles. The van der Waals surface area contributed by atoms with Crippen molar-refractivity contribution in [2.45, 2.75) is 17.5 Å². The molecule has 4 N–H and O–H groups in total. The predicted molar refractivity (Wildman–Crippen MR) is 122 cm³/mol. The summed E-state index contributed by atoms with van der Waals surface area (Å²) in [6.45, 7) is -0.126. The Morgan fingerprint density at radius 3 is 2.86 bits per heavy atom. The molecule has 0 aliphatic carbocycles. The van der Waals surface area contributed by atoms with Crippen molar-refractivity contribution in [3.8, 4) is 0 Å². The molecule has 16 heteroatoms. The molecule has 0 bridgehead atoms. The van der Waals surface area contributed by atoms with E-state index in [4.69, 9.17) is 15.0 Å². The Bertz CT molecular complexity index is 1100. The summed E-state index contributed by atoms with van der Waals surface area (Å²) in [5.74, 6) is -2.17. The Labute approximate surface area is 234 Å². The van der Waals surface area contributed by atoms with Crippen molar-refractivity contribution in [3.63, 3.8) is 0 Å².